The molecule has 0 saturated carbocycles. The highest BCUT2D eigenvalue weighted by Crippen LogP contribution is 2.44. The van der Waals surface area contributed by atoms with Gasteiger partial charge < -0.3 is 5.11 Å². The maximum absolute atomic E-state index is 13.4. The number of hydrogen-bond donors (Lipinski definition) is 1. The van der Waals surface area contributed by atoms with Gasteiger partial charge in [0.1, 0.15) is 0 Å². The predicted molar refractivity (Wildman–Crippen MR) is 133 cm³/mol. The summed E-state index contributed by atoms with van der Waals surface area (Å²) >= 11 is 2.65. The molecule has 4 aromatic rings. The highest BCUT2D eigenvalue weighted by molar-refractivity contribution is 7.22. The molecule has 33 heavy (non-hydrogen) atoms. The van der Waals surface area contributed by atoms with E-state index in [9.17, 15) is 14.7 Å². The van der Waals surface area contributed by atoms with Crippen molar-refractivity contribution >= 4 is 49.7 Å². The molecule has 0 radical (unpaired) electrons. The van der Waals surface area contributed by atoms with Crippen LogP contribution >= 0.6 is 22.7 Å². The number of carbonyl (C=O) groups is 2. The van der Waals surface area contributed by atoms with E-state index >= 15 is 0 Å². The number of nitrogens with zero attached hydrogens (tertiary/aromatic N) is 2. The second kappa shape index (κ2) is 7.93. The lowest BCUT2D eigenvalue weighted by atomic mass is 9.85. The van der Waals surface area contributed by atoms with Gasteiger partial charge in [0.2, 0.25) is 5.78 Å². The van der Waals surface area contributed by atoms with Crippen LogP contribution in [0.4, 0.5) is 5.13 Å². The van der Waals surface area contributed by atoms with E-state index in [4.69, 9.17) is 0 Å². The maximum Gasteiger partial charge on any atom is 0.296 e. The Morgan fingerprint density at radius 2 is 1.76 bits per heavy atom. The number of para-hydroxylation sites is 1. The lowest BCUT2D eigenvalue weighted by Crippen LogP contribution is -2.31. The van der Waals surface area contributed by atoms with Gasteiger partial charge in [-0.15, -0.1) is 11.3 Å². The van der Waals surface area contributed by atoms with Gasteiger partial charge in [0.05, 0.1) is 26.7 Å². The average Bonchev–Trinajstić information content (AvgIpc) is 3.52. The van der Waals surface area contributed by atoms with E-state index in [1.807, 2.05) is 48.5 Å². The molecule has 1 N–H and O–H groups in total. The molecule has 0 saturated heterocycles. The van der Waals surface area contributed by atoms with E-state index in [0.717, 1.165) is 21.3 Å². The molecule has 0 fully saturated rings. The van der Waals surface area contributed by atoms with Crippen molar-refractivity contribution in [1.82, 2.24) is 4.98 Å². The molecule has 1 amide bonds. The van der Waals surface area contributed by atoms with Crippen LogP contribution in [0.25, 0.3) is 10.2 Å². The Morgan fingerprint density at radius 3 is 2.39 bits per heavy atom. The first kappa shape index (κ1) is 21.6. The molecule has 0 aliphatic carbocycles. The normalized spacial score (nSPS) is 16.8. The maximum atomic E-state index is 13.4. The van der Waals surface area contributed by atoms with E-state index in [2.05, 4.69) is 25.8 Å². The molecule has 2 aromatic heterocycles. The summed E-state index contributed by atoms with van der Waals surface area (Å²) in [6, 6.07) is 18.2. The summed E-state index contributed by atoms with van der Waals surface area (Å²) in [7, 11) is 0. The van der Waals surface area contributed by atoms with Crippen LogP contribution in [0, 0.1) is 0 Å². The summed E-state index contributed by atoms with van der Waals surface area (Å²) in [5.74, 6) is -1.47. The number of aliphatic hydroxyl groups excluding tert-OH is 1. The molecule has 0 bridgehead atoms. The van der Waals surface area contributed by atoms with Crippen LogP contribution in [-0.4, -0.2) is 21.8 Å². The third kappa shape index (κ3) is 3.67. The topological polar surface area (TPSA) is 70.5 Å². The van der Waals surface area contributed by atoms with E-state index in [1.165, 1.54) is 27.6 Å². The molecule has 166 valence electrons. The van der Waals surface area contributed by atoms with Gasteiger partial charge in [-0.25, -0.2) is 4.98 Å². The zero-order chi connectivity index (χ0) is 23.3. The summed E-state index contributed by atoms with van der Waals surface area (Å²) in [4.78, 5) is 33.3. The van der Waals surface area contributed by atoms with Crippen LogP contribution in [-0.2, 0) is 10.2 Å². The standard InChI is InChI=1S/C26H22N2O3S2/c1-26(2,3)16-12-10-15(11-13-16)21-20(22(29)19-9-6-14-32-19)23(30)24(31)28(21)25-27-17-7-4-5-8-18(17)33-25/h4-14,21,30H,1-3H3. The Balaban J connectivity index is 1.67. The molecule has 0 spiro atoms. The van der Waals surface area contributed by atoms with Crippen LogP contribution in [0.5, 0.6) is 0 Å². The third-order valence-electron chi connectivity index (χ3n) is 5.78. The van der Waals surface area contributed by atoms with E-state index in [0.29, 0.717) is 10.0 Å². The zero-order valence-electron chi connectivity index (χ0n) is 18.4. The average molecular weight is 475 g/mol. The molecule has 7 heteroatoms. The Hall–Kier alpha value is -3.29. The summed E-state index contributed by atoms with van der Waals surface area (Å²) in [5, 5.41) is 13.2. The number of thiophene rings is 1. The Labute approximate surface area is 199 Å². The van der Waals surface area contributed by atoms with Crippen molar-refractivity contribution in [2.45, 2.75) is 32.2 Å². The molecule has 3 heterocycles. The Kier molecular flexibility index (Phi) is 5.18. The number of hydrogen-bond acceptors (Lipinski definition) is 6. The highest BCUT2D eigenvalue weighted by Gasteiger charge is 2.46. The smallest absolute Gasteiger partial charge is 0.296 e. The second-order valence-corrected chi connectivity index (χ2v) is 10.9. The molecular formula is C26H22N2O3S2. The van der Waals surface area contributed by atoms with Gasteiger partial charge in [-0.1, -0.05) is 74.6 Å². The first-order valence-electron chi connectivity index (χ1n) is 10.6. The molecule has 1 aliphatic heterocycles. The monoisotopic (exact) mass is 474 g/mol. The van der Waals surface area contributed by atoms with Gasteiger partial charge in [-0.3, -0.25) is 14.5 Å². The Bertz CT molecular complexity index is 1360. The van der Waals surface area contributed by atoms with Crippen molar-refractivity contribution < 1.29 is 14.7 Å². The fourth-order valence-electron chi connectivity index (χ4n) is 4.02. The number of anilines is 1. The Morgan fingerprint density at radius 1 is 1.03 bits per heavy atom. The molecule has 2 aromatic carbocycles. The van der Waals surface area contributed by atoms with E-state index < -0.39 is 17.7 Å². The molecule has 5 rings (SSSR count). The number of Topliss-reactive ketones (excluding diaryl/α,β-unsaturated/α-hetero) is 1. The van der Waals surface area contributed by atoms with Crippen molar-refractivity contribution in [3.63, 3.8) is 0 Å². The summed E-state index contributed by atoms with van der Waals surface area (Å²) < 4.78 is 0.930. The minimum Gasteiger partial charge on any atom is -0.503 e. The van der Waals surface area contributed by atoms with Gasteiger partial charge in [0.15, 0.2) is 10.9 Å². The van der Waals surface area contributed by atoms with E-state index in [1.54, 1.807) is 17.5 Å². The van der Waals surface area contributed by atoms with Crippen molar-refractivity contribution in [3.8, 4) is 0 Å². The molecule has 1 unspecified atom stereocenters. The minimum absolute atomic E-state index is 0.0374. The van der Waals surface area contributed by atoms with Crippen molar-refractivity contribution in [2.24, 2.45) is 0 Å². The largest absolute Gasteiger partial charge is 0.503 e. The molecule has 5 nitrogen and oxygen atoms in total. The first-order chi connectivity index (χ1) is 15.8. The number of amides is 1. The van der Waals surface area contributed by atoms with Crippen LogP contribution in [0.1, 0.15) is 47.6 Å². The summed E-state index contributed by atoms with van der Waals surface area (Å²) in [6.45, 7) is 6.39. The predicted octanol–water partition coefficient (Wildman–Crippen LogP) is 6.44. The van der Waals surface area contributed by atoms with Crippen molar-refractivity contribution in [1.29, 1.82) is 0 Å². The fraction of sp³-hybridized carbons (Fsp3) is 0.192. The lowest BCUT2D eigenvalue weighted by molar-refractivity contribution is -0.117. The van der Waals surface area contributed by atoms with Gasteiger partial charge >= 0.3 is 0 Å². The van der Waals surface area contributed by atoms with Gasteiger partial charge in [0.25, 0.3) is 5.91 Å². The van der Waals surface area contributed by atoms with E-state index in [-0.39, 0.29) is 16.8 Å². The SMILES string of the molecule is CC(C)(C)c1ccc(C2C(C(=O)c3cccs3)=C(O)C(=O)N2c2nc3ccccc3s2)cc1. The second-order valence-electron chi connectivity index (χ2n) is 8.98. The quantitative estimate of drug-likeness (QED) is 0.346. The molecule has 1 atom stereocenters. The minimum atomic E-state index is -0.762. The summed E-state index contributed by atoms with van der Waals surface area (Å²) in [6.07, 6.45) is 0. The number of carbonyl (C=O) groups excluding carboxylic acids is 2. The number of ketones is 1. The number of aromatic nitrogens is 1. The summed E-state index contributed by atoms with van der Waals surface area (Å²) in [5.41, 5.74) is 2.71. The van der Waals surface area contributed by atoms with Crippen LogP contribution in [0.2, 0.25) is 0 Å². The van der Waals surface area contributed by atoms with Gasteiger partial charge in [-0.2, -0.15) is 0 Å². The van der Waals surface area contributed by atoms with Gasteiger partial charge in [0, 0.05) is 0 Å². The lowest BCUT2D eigenvalue weighted by Gasteiger charge is -2.25. The van der Waals surface area contributed by atoms with Gasteiger partial charge in [-0.05, 0) is 40.1 Å². The van der Waals surface area contributed by atoms with Crippen LogP contribution in [0.3, 0.4) is 0 Å². The fourth-order valence-corrected chi connectivity index (χ4v) is 5.69. The molecular weight excluding hydrogens is 452 g/mol. The van der Waals surface area contributed by atoms with Crippen molar-refractivity contribution in [3.05, 3.63) is 93.4 Å². The number of thiazole rings is 1. The van der Waals surface area contributed by atoms with Crippen LogP contribution < -0.4 is 4.90 Å². The van der Waals surface area contributed by atoms with Crippen molar-refractivity contribution in [2.75, 3.05) is 4.90 Å². The number of fused-ring (bicyclic) bond motifs is 1. The first-order valence-corrected chi connectivity index (χ1v) is 12.3. The zero-order valence-corrected chi connectivity index (χ0v) is 20.0. The number of aliphatic hydroxyl groups is 1. The molecule has 1 aliphatic rings. The van der Waals surface area contributed by atoms with Crippen LogP contribution in [0.15, 0.2) is 77.4 Å². The number of rotatable bonds is 4. The highest BCUT2D eigenvalue weighted by atomic mass is 32.1. The number of benzene rings is 2. The third-order valence-corrected chi connectivity index (χ3v) is 7.68.